The summed E-state index contributed by atoms with van der Waals surface area (Å²) < 4.78 is 7.22. The minimum Gasteiger partial charge on any atom is -0.457 e. The molecule has 1 fully saturated rings. The number of aromatic nitrogens is 2. The Balaban J connectivity index is 1.51. The van der Waals surface area contributed by atoms with Gasteiger partial charge in [0.05, 0.1) is 6.26 Å². The highest BCUT2D eigenvalue weighted by Gasteiger charge is 2.17. The summed E-state index contributed by atoms with van der Waals surface area (Å²) >= 11 is 0. The Morgan fingerprint density at radius 2 is 1.50 bits per heavy atom. The van der Waals surface area contributed by atoms with Gasteiger partial charge in [-0.1, -0.05) is 61.0 Å². The highest BCUT2D eigenvalue weighted by molar-refractivity contribution is 5.75. The fourth-order valence-electron chi connectivity index (χ4n) is 4.24. The molecule has 0 aliphatic carbocycles. The maximum atomic E-state index is 13.2. The summed E-state index contributed by atoms with van der Waals surface area (Å²) in [6.45, 7) is 3.67. The molecular weight excluding hydrogens is 374 g/mol. The molecular formula is C25H25N3O2. The zero-order chi connectivity index (χ0) is 20.3. The van der Waals surface area contributed by atoms with Crippen LogP contribution >= 0.6 is 0 Å². The molecule has 0 atom stereocenters. The quantitative estimate of drug-likeness (QED) is 0.483. The Kier molecular flexibility index (Phi) is 5.20. The maximum absolute atomic E-state index is 13.2. The van der Waals surface area contributed by atoms with E-state index in [2.05, 4.69) is 29.2 Å². The lowest BCUT2D eigenvalue weighted by molar-refractivity contribution is 0.220. The van der Waals surface area contributed by atoms with Gasteiger partial charge in [-0.2, -0.15) is 0 Å². The summed E-state index contributed by atoms with van der Waals surface area (Å²) in [5.41, 5.74) is 4.09. The largest absolute Gasteiger partial charge is 0.457 e. The fourth-order valence-corrected chi connectivity index (χ4v) is 4.24. The highest BCUT2D eigenvalue weighted by atomic mass is 16.3. The molecule has 1 aliphatic rings. The van der Waals surface area contributed by atoms with Gasteiger partial charge < -0.3 is 9.32 Å². The Morgan fingerprint density at radius 1 is 0.800 bits per heavy atom. The molecule has 0 bridgehead atoms. The summed E-state index contributed by atoms with van der Waals surface area (Å²) in [6, 6.07) is 20.3. The molecule has 0 amide bonds. The first kappa shape index (κ1) is 18.8. The van der Waals surface area contributed by atoms with Crippen LogP contribution in [0.15, 0.2) is 76.1 Å². The van der Waals surface area contributed by atoms with Gasteiger partial charge in [-0.25, -0.2) is 4.98 Å². The van der Waals surface area contributed by atoms with E-state index in [0.29, 0.717) is 23.5 Å². The molecule has 5 heteroatoms. The topological polar surface area (TPSA) is 51.3 Å². The number of hydrogen-bond acceptors (Lipinski definition) is 4. The van der Waals surface area contributed by atoms with E-state index in [4.69, 9.17) is 9.40 Å². The van der Waals surface area contributed by atoms with E-state index in [1.807, 2.05) is 30.3 Å². The lowest BCUT2D eigenvalue weighted by Crippen LogP contribution is -2.35. The summed E-state index contributed by atoms with van der Waals surface area (Å²) in [7, 11) is 0. The third-order valence-electron chi connectivity index (χ3n) is 5.90. The van der Waals surface area contributed by atoms with Crippen LogP contribution in [0.1, 0.15) is 19.3 Å². The van der Waals surface area contributed by atoms with E-state index in [1.165, 1.54) is 31.1 Å². The van der Waals surface area contributed by atoms with Gasteiger partial charge in [-0.15, -0.1) is 0 Å². The van der Waals surface area contributed by atoms with Crippen LogP contribution in [-0.4, -0.2) is 34.1 Å². The lowest BCUT2D eigenvalue weighted by atomic mass is 10.0. The molecule has 1 saturated heterocycles. The molecule has 0 unspecified atom stereocenters. The Hall–Kier alpha value is -3.18. The fraction of sp³-hybridized carbons (Fsp3) is 0.280. The van der Waals surface area contributed by atoms with Crippen molar-refractivity contribution in [2.75, 3.05) is 19.6 Å². The average molecular weight is 399 g/mol. The van der Waals surface area contributed by atoms with Crippen LogP contribution in [0, 0.1) is 0 Å². The van der Waals surface area contributed by atoms with Crippen LogP contribution in [0.25, 0.3) is 33.6 Å². The summed E-state index contributed by atoms with van der Waals surface area (Å²) in [6.07, 6.45) is 5.31. The van der Waals surface area contributed by atoms with Gasteiger partial charge in [0.25, 0.3) is 5.56 Å². The van der Waals surface area contributed by atoms with E-state index >= 15 is 0 Å². The van der Waals surface area contributed by atoms with Gasteiger partial charge >= 0.3 is 0 Å². The zero-order valence-corrected chi connectivity index (χ0v) is 17.0. The number of piperidine rings is 1. The van der Waals surface area contributed by atoms with Crippen molar-refractivity contribution < 1.29 is 4.42 Å². The second kappa shape index (κ2) is 8.28. The molecule has 5 nitrogen and oxygen atoms in total. The molecule has 0 N–H and O–H groups in total. The summed E-state index contributed by atoms with van der Waals surface area (Å²) in [4.78, 5) is 20.4. The SMILES string of the molecule is O=c1c2occc2nc(-c2ccc(-c3ccccc3)cc2)n1CCN1CCCCC1. The van der Waals surface area contributed by atoms with Gasteiger partial charge in [-0.05, 0) is 37.1 Å². The second-order valence-corrected chi connectivity index (χ2v) is 7.87. The first-order chi connectivity index (χ1) is 14.8. The van der Waals surface area contributed by atoms with Crippen molar-refractivity contribution in [1.82, 2.24) is 14.5 Å². The van der Waals surface area contributed by atoms with Gasteiger partial charge in [-0.3, -0.25) is 9.36 Å². The minimum atomic E-state index is -0.107. The van der Waals surface area contributed by atoms with Gasteiger partial charge in [0.15, 0.2) is 0 Å². The van der Waals surface area contributed by atoms with Crippen molar-refractivity contribution >= 4 is 11.1 Å². The molecule has 0 radical (unpaired) electrons. The van der Waals surface area contributed by atoms with Crippen LogP contribution < -0.4 is 5.56 Å². The van der Waals surface area contributed by atoms with E-state index in [1.54, 1.807) is 10.6 Å². The number of furan rings is 1. The normalized spacial score (nSPS) is 14.9. The second-order valence-electron chi connectivity index (χ2n) is 7.87. The van der Waals surface area contributed by atoms with Crippen LogP contribution in [0.3, 0.4) is 0 Å². The van der Waals surface area contributed by atoms with Crippen molar-refractivity contribution in [3.63, 3.8) is 0 Å². The van der Waals surface area contributed by atoms with Crippen LogP contribution in [0.5, 0.6) is 0 Å². The maximum Gasteiger partial charge on any atom is 0.297 e. The van der Waals surface area contributed by atoms with Crippen molar-refractivity contribution in [1.29, 1.82) is 0 Å². The molecule has 1 aliphatic heterocycles. The molecule has 2 aromatic carbocycles. The monoisotopic (exact) mass is 399 g/mol. The number of hydrogen-bond donors (Lipinski definition) is 0. The van der Waals surface area contributed by atoms with Crippen molar-refractivity contribution in [3.05, 3.63) is 77.3 Å². The molecule has 5 rings (SSSR count). The van der Waals surface area contributed by atoms with Crippen molar-refractivity contribution in [2.24, 2.45) is 0 Å². The van der Waals surface area contributed by atoms with Crippen LogP contribution in [0.4, 0.5) is 0 Å². The number of nitrogens with zero attached hydrogens (tertiary/aromatic N) is 3. The third-order valence-corrected chi connectivity index (χ3v) is 5.90. The van der Waals surface area contributed by atoms with Crippen LogP contribution in [-0.2, 0) is 6.54 Å². The van der Waals surface area contributed by atoms with Crippen molar-refractivity contribution in [2.45, 2.75) is 25.8 Å². The predicted molar refractivity (Wildman–Crippen MR) is 119 cm³/mol. The van der Waals surface area contributed by atoms with Crippen molar-refractivity contribution in [3.8, 4) is 22.5 Å². The smallest absolute Gasteiger partial charge is 0.297 e. The Morgan fingerprint density at radius 3 is 2.27 bits per heavy atom. The standard InChI is InChI=1S/C25H25N3O2/c29-25-23-22(13-18-30-23)26-24(28(25)17-16-27-14-5-2-6-15-27)21-11-9-20(10-12-21)19-7-3-1-4-8-19/h1,3-4,7-13,18H,2,5-6,14-17H2. The molecule has 0 saturated carbocycles. The van der Waals surface area contributed by atoms with Gasteiger partial charge in [0.2, 0.25) is 5.58 Å². The van der Waals surface area contributed by atoms with Gasteiger partial charge in [0.1, 0.15) is 11.3 Å². The average Bonchev–Trinajstić information content (AvgIpc) is 3.29. The van der Waals surface area contributed by atoms with Crippen LogP contribution in [0.2, 0.25) is 0 Å². The molecule has 3 heterocycles. The van der Waals surface area contributed by atoms with E-state index in [9.17, 15) is 4.79 Å². The number of benzene rings is 2. The van der Waals surface area contributed by atoms with E-state index in [0.717, 1.165) is 30.8 Å². The first-order valence-corrected chi connectivity index (χ1v) is 10.7. The number of rotatable bonds is 5. The number of fused-ring (bicyclic) bond motifs is 1. The lowest BCUT2D eigenvalue weighted by Gasteiger charge is -2.26. The Bertz CT molecular complexity index is 1190. The highest BCUT2D eigenvalue weighted by Crippen LogP contribution is 2.25. The summed E-state index contributed by atoms with van der Waals surface area (Å²) in [5.74, 6) is 0.700. The zero-order valence-electron chi connectivity index (χ0n) is 17.0. The van der Waals surface area contributed by atoms with E-state index in [-0.39, 0.29) is 5.56 Å². The molecule has 4 aromatic rings. The molecule has 30 heavy (non-hydrogen) atoms. The Labute approximate surface area is 175 Å². The summed E-state index contributed by atoms with van der Waals surface area (Å²) in [5, 5.41) is 0. The molecule has 2 aromatic heterocycles. The molecule has 152 valence electrons. The third kappa shape index (κ3) is 3.68. The number of likely N-dealkylation sites (tertiary alicyclic amines) is 1. The first-order valence-electron chi connectivity index (χ1n) is 10.7. The van der Waals surface area contributed by atoms with E-state index < -0.39 is 0 Å². The minimum absolute atomic E-state index is 0.107. The van der Waals surface area contributed by atoms with Gasteiger partial charge in [0, 0.05) is 24.7 Å². The molecule has 0 spiro atoms. The predicted octanol–water partition coefficient (Wildman–Crippen LogP) is 4.81.